The van der Waals surface area contributed by atoms with Crippen LogP contribution in [0.25, 0.3) is 0 Å². The summed E-state index contributed by atoms with van der Waals surface area (Å²) in [7, 11) is 0. The Morgan fingerprint density at radius 2 is 2.44 bits per heavy atom. The fourth-order valence-electron chi connectivity index (χ4n) is 2.44. The van der Waals surface area contributed by atoms with Gasteiger partial charge in [0.05, 0.1) is 24.2 Å². The maximum absolute atomic E-state index is 12.2. The van der Waals surface area contributed by atoms with Gasteiger partial charge in [0, 0.05) is 25.5 Å². The van der Waals surface area contributed by atoms with Crippen molar-refractivity contribution in [3.05, 3.63) is 42.9 Å². The predicted molar refractivity (Wildman–Crippen MR) is 65.1 cm³/mol. The van der Waals surface area contributed by atoms with Crippen molar-refractivity contribution in [1.82, 2.24) is 14.5 Å². The maximum atomic E-state index is 12.2. The SMILES string of the molecule is O=C(c1ccoc1)N1CCC[C@@H](n2ccnc2)C1. The third-order valence-electron chi connectivity index (χ3n) is 3.40. The molecule has 0 aromatic carbocycles. The number of furan rings is 1. The van der Waals surface area contributed by atoms with Gasteiger partial charge in [0.1, 0.15) is 6.26 Å². The largest absolute Gasteiger partial charge is 0.472 e. The quantitative estimate of drug-likeness (QED) is 0.812. The lowest BCUT2D eigenvalue weighted by Crippen LogP contribution is -2.40. The summed E-state index contributed by atoms with van der Waals surface area (Å²) in [5, 5.41) is 0. The summed E-state index contributed by atoms with van der Waals surface area (Å²) >= 11 is 0. The molecule has 2 aromatic rings. The van der Waals surface area contributed by atoms with Crippen LogP contribution >= 0.6 is 0 Å². The Kier molecular flexibility index (Phi) is 2.88. The third-order valence-corrected chi connectivity index (χ3v) is 3.40. The first-order chi connectivity index (χ1) is 8.84. The van der Waals surface area contributed by atoms with E-state index < -0.39 is 0 Å². The van der Waals surface area contributed by atoms with Gasteiger partial charge >= 0.3 is 0 Å². The lowest BCUT2D eigenvalue weighted by Gasteiger charge is -2.33. The number of amides is 1. The number of rotatable bonds is 2. The van der Waals surface area contributed by atoms with Gasteiger partial charge in [-0.3, -0.25) is 4.79 Å². The van der Waals surface area contributed by atoms with Gasteiger partial charge in [-0.2, -0.15) is 0 Å². The number of hydrogen-bond acceptors (Lipinski definition) is 3. The number of aromatic nitrogens is 2. The zero-order valence-electron chi connectivity index (χ0n) is 10.0. The third kappa shape index (κ3) is 2.03. The molecule has 18 heavy (non-hydrogen) atoms. The number of nitrogens with zero attached hydrogens (tertiary/aromatic N) is 3. The number of likely N-dealkylation sites (tertiary alicyclic amines) is 1. The molecule has 0 N–H and O–H groups in total. The van der Waals surface area contributed by atoms with Gasteiger partial charge in [-0.1, -0.05) is 0 Å². The van der Waals surface area contributed by atoms with Crippen molar-refractivity contribution < 1.29 is 9.21 Å². The molecule has 0 spiro atoms. The van der Waals surface area contributed by atoms with E-state index in [2.05, 4.69) is 9.55 Å². The minimum Gasteiger partial charge on any atom is -0.472 e. The summed E-state index contributed by atoms with van der Waals surface area (Å²) < 4.78 is 7.04. The Labute approximate surface area is 105 Å². The second-order valence-corrected chi connectivity index (χ2v) is 4.57. The topological polar surface area (TPSA) is 51.3 Å². The number of imidazole rings is 1. The smallest absolute Gasteiger partial charge is 0.257 e. The molecule has 3 rings (SSSR count). The molecule has 94 valence electrons. The lowest BCUT2D eigenvalue weighted by molar-refractivity contribution is 0.0678. The second kappa shape index (κ2) is 4.68. The van der Waals surface area contributed by atoms with Crippen LogP contribution in [0.5, 0.6) is 0 Å². The van der Waals surface area contributed by atoms with E-state index in [1.54, 1.807) is 12.3 Å². The fraction of sp³-hybridized carbons (Fsp3) is 0.385. The normalized spacial score (nSPS) is 20.0. The van der Waals surface area contributed by atoms with E-state index in [4.69, 9.17) is 4.42 Å². The monoisotopic (exact) mass is 245 g/mol. The van der Waals surface area contributed by atoms with Crippen LogP contribution in [0.2, 0.25) is 0 Å². The average Bonchev–Trinajstić information content (AvgIpc) is 3.11. The van der Waals surface area contributed by atoms with Gasteiger partial charge in [-0.15, -0.1) is 0 Å². The first-order valence-corrected chi connectivity index (χ1v) is 6.13. The van der Waals surface area contributed by atoms with Crippen LogP contribution < -0.4 is 0 Å². The van der Waals surface area contributed by atoms with Gasteiger partial charge in [0.2, 0.25) is 0 Å². The average molecular weight is 245 g/mol. The molecule has 0 unspecified atom stereocenters. The van der Waals surface area contributed by atoms with Crippen LogP contribution in [0, 0.1) is 0 Å². The van der Waals surface area contributed by atoms with E-state index in [0.717, 1.165) is 25.9 Å². The van der Waals surface area contributed by atoms with E-state index in [1.807, 2.05) is 17.4 Å². The van der Waals surface area contributed by atoms with Gasteiger partial charge < -0.3 is 13.9 Å². The first-order valence-electron chi connectivity index (χ1n) is 6.13. The van der Waals surface area contributed by atoms with Crippen LogP contribution in [-0.4, -0.2) is 33.4 Å². The molecule has 1 aliphatic rings. The number of piperidine rings is 1. The molecule has 0 radical (unpaired) electrons. The van der Waals surface area contributed by atoms with E-state index in [-0.39, 0.29) is 5.91 Å². The summed E-state index contributed by atoms with van der Waals surface area (Å²) in [4.78, 5) is 18.2. The van der Waals surface area contributed by atoms with Crippen molar-refractivity contribution in [3.63, 3.8) is 0 Å². The number of hydrogen-bond donors (Lipinski definition) is 0. The van der Waals surface area contributed by atoms with Crippen molar-refractivity contribution in [2.75, 3.05) is 13.1 Å². The minimum atomic E-state index is 0.0496. The lowest BCUT2D eigenvalue weighted by atomic mass is 10.0. The summed E-state index contributed by atoms with van der Waals surface area (Å²) in [6, 6.07) is 2.04. The Morgan fingerprint density at radius 1 is 1.50 bits per heavy atom. The molecule has 1 atom stereocenters. The molecule has 5 nitrogen and oxygen atoms in total. The number of carbonyl (C=O) groups is 1. The van der Waals surface area contributed by atoms with Crippen molar-refractivity contribution >= 4 is 5.91 Å². The highest BCUT2D eigenvalue weighted by molar-refractivity contribution is 5.93. The molecular formula is C13H15N3O2. The Balaban J connectivity index is 1.73. The number of carbonyl (C=O) groups excluding carboxylic acids is 1. The molecule has 1 aliphatic heterocycles. The van der Waals surface area contributed by atoms with Crippen LogP contribution in [0.4, 0.5) is 0 Å². The van der Waals surface area contributed by atoms with Crippen LogP contribution in [-0.2, 0) is 0 Å². The molecule has 0 saturated carbocycles. The van der Waals surface area contributed by atoms with Crippen LogP contribution in [0.1, 0.15) is 29.2 Å². The van der Waals surface area contributed by atoms with Crippen molar-refractivity contribution in [2.45, 2.75) is 18.9 Å². The van der Waals surface area contributed by atoms with Crippen molar-refractivity contribution in [3.8, 4) is 0 Å². The molecule has 2 aromatic heterocycles. The van der Waals surface area contributed by atoms with E-state index in [9.17, 15) is 4.79 Å². The fourth-order valence-corrected chi connectivity index (χ4v) is 2.44. The van der Waals surface area contributed by atoms with E-state index in [0.29, 0.717) is 11.6 Å². The predicted octanol–water partition coefficient (Wildman–Crippen LogP) is 1.95. The Hall–Kier alpha value is -2.04. The standard InChI is InChI=1S/C13H15N3O2/c17-13(11-3-7-18-9-11)15-5-1-2-12(8-15)16-6-4-14-10-16/h3-4,6-7,9-10,12H,1-2,5,8H2/t12-/m1/s1. The van der Waals surface area contributed by atoms with Gasteiger partial charge in [-0.25, -0.2) is 4.98 Å². The highest BCUT2D eigenvalue weighted by atomic mass is 16.3. The van der Waals surface area contributed by atoms with Crippen LogP contribution in [0.15, 0.2) is 41.7 Å². The summed E-state index contributed by atoms with van der Waals surface area (Å²) in [6.07, 6.45) is 10.7. The first kappa shape index (κ1) is 11.1. The minimum absolute atomic E-state index is 0.0496. The molecule has 1 fully saturated rings. The Morgan fingerprint density at radius 3 is 3.17 bits per heavy atom. The van der Waals surface area contributed by atoms with Gasteiger partial charge in [-0.05, 0) is 18.9 Å². The molecule has 0 aliphatic carbocycles. The van der Waals surface area contributed by atoms with E-state index >= 15 is 0 Å². The summed E-state index contributed by atoms with van der Waals surface area (Å²) in [5.41, 5.74) is 0.626. The van der Waals surface area contributed by atoms with Gasteiger partial charge in [0.25, 0.3) is 5.91 Å². The zero-order valence-corrected chi connectivity index (χ0v) is 10.0. The van der Waals surface area contributed by atoms with Crippen molar-refractivity contribution in [1.29, 1.82) is 0 Å². The van der Waals surface area contributed by atoms with E-state index in [1.165, 1.54) is 12.5 Å². The molecule has 5 heteroatoms. The Bertz CT molecular complexity index is 504. The molecule has 3 heterocycles. The van der Waals surface area contributed by atoms with Crippen LogP contribution in [0.3, 0.4) is 0 Å². The zero-order chi connectivity index (χ0) is 12.4. The van der Waals surface area contributed by atoms with Gasteiger partial charge in [0.15, 0.2) is 0 Å². The highest BCUT2D eigenvalue weighted by Crippen LogP contribution is 2.22. The molecule has 1 amide bonds. The molecule has 0 bridgehead atoms. The molecule has 1 saturated heterocycles. The summed E-state index contributed by atoms with van der Waals surface area (Å²) in [5.74, 6) is 0.0496. The summed E-state index contributed by atoms with van der Waals surface area (Å²) in [6.45, 7) is 1.55. The maximum Gasteiger partial charge on any atom is 0.257 e. The van der Waals surface area contributed by atoms with Crippen molar-refractivity contribution in [2.24, 2.45) is 0 Å². The second-order valence-electron chi connectivity index (χ2n) is 4.57. The highest BCUT2D eigenvalue weighted by Gasteiger charge is 2.25. The molecular weight excluding hydrogens is 230 g/mol.